The van der Waals surface area contributed by atoms with Gasteiger partial charge in [-0.3, -0.25) is 15.1 Å². The average molecular weight is 387 g/mol. The first-order valence-corrected chi connectivity index (χ1v) is 9.49. The van der Waals surface area contributed by atoms with Crippen molar-refractivity contribution >= 4 is 15.7 Å². The van der Waals surface area contributed by atoms with Crippen LogP contribution in [0.1, 0.15) is 16.9 Å². The summed E-state index contributed by atoms with van der Waals surface area (Å²) in [6, 6.07) is 10.9. The first-order chi connectivity index (χ1) is 12.9. The van der Waals surface area contributed by atoms with Crippen molar-refractivity contribution in [2.24, 2.45) is 0 Å². The van der Waals surface area contributed by atoms with Crippen LogP contribution in [-0.2, 0) is 23.1 Å². The van der Waals surface area contributed by atoms with E-state index in [1.807, 2.05) is 0 Å². The van der Waals surface area contributed by atoms with Crippen molar-refractivity contribution in [2.75, 3.05) is 0 Å². The first kappa shape index (κ1) is 18.7. The summed E-state index contributed by atoms with van der Waals surface area (Å²) in [7, 11) is -4.18. The van der Waals surface area contributed by atoms with Crippen LogP contribution in [-0.4, -0.2) is 22.6 Å². The molecule has 0 saturated carbocycles. The van der Waals surface area contributed by atoms with Crippen LogP contribution >= 0.6 is 0 Å². The molecule has 2 heterocycles. The molecule has 0 fully saturated rings. The third kappa shape index (κ3) is 4.04. The standard InChI is InChI=1S/C18H17N3O5S/c1-14-5-2-8-17(21(22)23)18(14)27(24,25)20(13-16-7-4-10-26-16)12-15-6-3-9-19-11-15/h2-11H,12-13H2,1H3. The average Bonchev–Trinajstić information content (AvgIpc) is 3.14. The largest absolute Gasteiger partial charge is 0.468 e. The lowest BCUT2D eigenvalue weighted by atomic mass is 10.2. The molecular formula is C18H17N3O5S. The zero-order chi connectivity index (χ0) is 19.4. The number of pyridine rings is 1. The molecule has 0 amide bonds. The van der Waals surface area contributed by atoms with Gasteiger partial charge in [0.05, 0.1) is 17.7 Å². The minimum absolute atomic E-state index is 0.00234. The molecule has 3 aromatic rings. The van der Waals surface area contributed by atoms with Crippen molar-refractivity contribution in [2.45, 2.75) is 24.9 Å². The number of hydrogen-bond acceptors (Lipinski definition) is 6. The fourth-order valence-corrected chi connectivity index (χ4v) is 4.50. The van der Waals surface area contributed by atoms with Gasteiger partial charge in [-0.15, -0.1) is 0 Å². The summed E-state index contributed by atoms with van der Waals surface area (Å²) in [5.41, 5.74) is 0.509. The van der Waals surface area contributed by atoms with E-state index in [2.05, 4.69) is 4.98 Å². The second-order valence-corrected chi connectivity index (χ2v) is 7.77. The smallest absolute Gasteiger partial charge is 0.289 e. The monoisotopic (exact) mass is 387 g/mol. The molecule has 140 valence electrons. The Morgan fingerprint density at radius 2 is 1.96 bits per heavy atom. The summed E-state index contributed by atoms with van der Waals surface area (Å²) in [5.74, 6) is 0.429. The summed E-state index contributed by atoms with van der Waals surface area (Å²) in [5, 5.41) is 11.4. The van der Waals surface area contributed by atoms with Crippen LogP contribution in [0.3, 0.4) is 0 Å². The molecule has 0 spiro atoms. The fraction of sp³-hybridized carbons (Fsp3) is 0.167. The highest BCUT2D eigenvalue weighted by molar-refractivity contribution is 7.89. The molecule has 0 bridgehead atoms. The molecule has 0 radical (unpaired) electrons. The summed E-state index contributed by atoms with van der Waals surface area (Å²) in [6.07, 6.45) is 4.58. The van der Waals surface area contributed by atoms with Crippen LogP contribution in [0.4, 0.5) is 5.69 Å². The van der Waals surface area contributed by atoms with Crippen molar-refractivity contribution in [1.82, 2.24) is 9.29 Å². The van der Waals surface area contributed by atoms with E-state index in [1.54, 1.807) is 36.7 Å². The Bertz CT molecular complexity index is 1030. The molecule has 0 N–H and O–H groups in total. The van der Waals surface area contributed by atoms with Gasteiger partial charge in [-0.2, -0.15) is 4.31 Å². The number of aromatic nitrogens is 1. The van der Waals surface area contributed by atoms with E-state index in [1.165, 1.54) is 31.4 Å². The Morgan fingerprint density at radius 3 is 2.59 bits per heavy atom. The maximum Gasteiger partial charge on any atom is 0.289 e. The van der Waals surface area contributed by atoms with E-state index in [0.717, 1.165) is 4.31 Å². The lowest BCUT2D eigenvalue weighted by molar-refractivity contribution is -0.387. The van der Waals surface area contributed by atoms with E-state index >= 15 is 0 Å². The molecule has 3 rings (SSSR count). The number of furan rings is 1. The quantitative estimate of drug-likeness (QED) is 0.455. The normalized spacial score (nSPS) is 11.6. The fourth-order valence-electron chi connectivity index (χ4n) is 2.74. The molecule has 9 heteroatoms. The Labute approximate surface area is 156 Å². The SMILES string of the molecule is Cc1cccc([N+](=O)[O-])c1S(=O)(=O)N(Cc1cccnc1)Cc1ccco1. The van der Waals surface area contributed by atoms with Gasteiger partial charge in [-0.05, 0) is 36.2 Å². The molecule has 0 saturated heterocycles. The predicted octanol–water partition coefficient (Wildman–Crippen LogP) is 3.28. The third-order valence-electron chi connectivity index (χ3n) is 3.98. The second-order valence-electron chi connectivity index (χ2n) is 5.89. The number of nitrogens with zero attached hydrogens (tertiary/aromatic N) is 3. The van der Waals surface area contributed by atoms with Gasteiger partial charge in [-0.25, -0.2) is 8.42 Å². The van der Waals surface area contributed by atoms with E-state index in [4.69, 9.17) is 4.42 Å². The van der Waals surface area contributed by atoms with E-state index in [-0.39, 0.29) is 18.0 Å². The number of sulfonamides is 1. The molecule has 0 unspecified atom stereocenters. The van der Waals surface area contributed by atoms with Gasteiger partial charge < -0.3 is 4.42 Å². The van der Waals surface area contributed by atoms with Crippen LogP contribution in [0.25, 0.3) is 0 Å². The van der Waals surface area contributed by atoms with Crippen molar-refractivity contribution in [3.8, 4) is 0 Å². The Hall–Kier alpha value is -3.04. The zero-order valence-corrected chi connectivity index (χ0v) is 15.3. The molecular weight excluding hydrogens is 370 g/mol. The first-order valence-electron chi connectivity index (χ1n) is 8.05. The maximum absolute atomic E-state index is 13.4. The van der Waals surface area contributed by atoms with Gasteiger partial charge in [0.15, 0.2) is 4.90 Å². The number of aryl methyl sites for hydroxylation is 1. The van der Waals surface area contributed by atoms with Crippen molar-refractivity contribution < 1.29 is 17.8 Å². The maximum atomic E-state index is 13.4. The van der Waals surface area contributed by atoms with Crippen molar-refractivity contribution in [3.63, 3.8) is 0 Å². The second kappa shape index (κ2) is 7.68. The zero-order valence-electron chi connectivity index (χ0n) is 14.5. The Kier molecular flexibility index (Phi) is 5.33. The Balaban J connectivity index is 2.09. The number of rotatable bonds is 7. The topological polar surface area (TPSA) is 107 Å². The number of nitro groups is 1. The molecule has 8 nitrogen and oxygen atoms in total. The molecule has 1 aromatic carbocycles. The minimum Gasteiger partial charge on any atom is -0.468 e. The highest BCUT2D eigenvalue weighted by Gasteiger charge is 2.34. The number of benzene rings is 1. The van der Waals surface area contributed by atoms with Crippen molar-refractivity contribution in [1.29, 1.82) is 0 Å². The molecule has 27 heavy (non-hydrogen) atoms. The van der Waals surface area contributed by atoms with Crippen LogP contribution in [0.2, 0.25) is 0 Å². The highest BCUT2D eigenvalue weighted by Crippen LogP contribution is 2.31. The summed E-state index contributed by atoms with van der Waals surface area (Å²) < 4.78 is 33.2. The van der Waals surface area contributed by atoms with Gasteiger partial charge in [0, 0.05) is 25.0 Å². The van der Waals surface area contributed by atoms with Crippen LogP contribution in [0, 0.1) is 17.0 Å². The van der Waals surface area contributed by atoms with Gasteiger partial charge in [0.1, 0.15) is 5.76 Å². The van der Waals surface area contributed by atoms with Crippen LogP contribution in [0.15, 0.2) is 70.4 Å². The molecule has 0 aliphatic rings. The van der Waals surface area contributed by atoms with Crippen LogP contribution in [0.5, 0.6) is 0 Å². The van der Waals surface area contributed by atoms with Gasteiger partial charge in [-0.1, -0.05) is 18.2 Å². The molecule has 0 aliphatic heterocycles. The molecule has 0 atom stereocenters. The molecule has 0 aliphatic carbocycles. The van der Waals surface area contributed by atoms with E-state index < -0.39 is 20.6 Å². The van der Waals surface area contributed by atoms with E-state index in [0.29, 0.717) is 16.9 Å². The van der Waals surface area contributed by atoms with Gasteiger partial charge in [0.25, 0.3) is 15.7 Å². The highest BCUT2D eigenvalue weighted by atomic mass is 32.2. The summed E-state index contributed by atoms with van der Waals surface area (Å²) in [6.45, 7) is 1.48. The summed E-state index contributed by atoms with van der Waals surface area (Å²) >= 11 is 0. The minimum atomic E-state index is -4.18. The summed E-state index contributed by atoms with van der Waals surface area (Å²) in [4.78, 5) is 14.4. The predicted molar refractivity (Wildman–Crippen MR) is 97.2 cm³/mol. The lowest BCUT2D eigenvalue weighted by Crippen LogP contribution is -2.31. The van der Waals surface area contributed by atoms with Gasteiger partial charge >= 0.3 is 0 Å². The lowest BCUT2D eigenvalue weighted by Gasteiger charge is -2.22. The number of nitro benzene ring substituents is 1. The third-order valence-corrected chi connectivity index (χ3v) is 5.96. The molecule has 2 aromatic heterocycles. The Morgan fingerprint density at radius 1 is 1.15 bits per heavy atom. The van der Waals surface area contributed by atoms with Crippen molar-refractivity contribution in [3.05, 3.63) is 88.1 Å². The van der Waals surface area contributed by atoms with E-state index in [9.17, 15) is 18.5 Å². The van der Waals surface area contributed by atoms with Gasteiger partial charge in [0.2, 0.25) is 0 Å². The van der Waals surface area contributed by atoms with Crippen LogP contribution < -0.4 is 0 Å². The number of hydrogen-bond donors (Lipinski definition) is 0.